The van der Waals surface area contributed by atoms with Gasteiger partial charge in [0, 0.05) is 18.3 Å². The molecule has 0 spiro atoms. The van der Waals surface area contributed by atoms with Crippen LogP contribution < -0.4 is 10.6 Å². The highest BCUT2D eigenvalue weighted by Crippen LogP contribution is 2.20. The van der Waals surface area contributed by atoms with Gasteiger partial charge in [0.1, 0.15) is 17.7 Å². The lowest BCUT2D eigenvalue weighted by atomic mass is 9.92. The number of aliphatic hydroxyl groups is 1. The van der Waals surface area contributed by atoms with Gasteiger partial charge in [-0.2, -0.15) is 0 Å². The predicted octanol–water partition coefficient (Wildman–Crippen LogP) is 1.51. The molecule has 2 heterocycles. The average Bonchev–Trinajstić information content (AvgIpc) is 2.77. The predicted molar refractivity (Wildman–Crippen MR) is 128 cm³/mol. The van der Waals surface area contributed by atoms with E-state index >= 15 is 0 Å². The van der Waals surface area contributed by atoms with Crippen LogP contribution in [0.3, 0.4) is 0 Å². The van der Waals surface area contributed by atoms with Gasteiger partial charge in [-0.3, -0.25) is 14.6 Å². The number of hydrogen-bond acceptors (Lipinski definition) is 9. The molecule has 11 nitrogen and oxygen atoms in total. The Morgan fingerprint density at radius 1 is 1.19 bits per heavy atom. The topological polar surface area (TPSA) is 153 Å². The normalized spacial score (nSPS) is 28.2. The van der Waals surface area contributed by atoms with Gasteiger partial charge in [0.05, 0.1) is 18.1 Å². The van der Waals surface area contributed by atoms with Gasteiger partial charge in [-0.25, -0.2) is 9.59 Å². The lowest BCUT2D eigenvalue weighted by molar-refractivity contribution is -0.180. The summed E-state index contributed by atoms with van der Waals surface area (Å²) in [7, 11) is 0. The Morgan fingerprint density at radius 3 is 2.42 bits per heavy atom. The summed E-state index contributed by atoms with van der Waals surface area (Å²) in [6.07, 6.45) is -1.38. The van der Waals surface area contributed by atoms with Gasteiger partial charge in [0.2, 0.25) is 12.0 Å². The van der Waals surface area contributed by atoms with E-state index in [9.17, 15) is 24.3 Å². The lowest BCUT2D eigenvalue weighted by Gasteiger charge is -2.33. The quantitative estimate of drug-likeness (QED) is 0.406. The number of ether oxygens (including phenoxy) is 3. The van der Waals surface area contributed by atoms with Crippen LogP contribution in [0.1, 0.15) is 54.0 Å². The second kappa shape index (κ2) is 12.2. The summed E-state index contributed by atoms with van der Waals surface area (Å²) in [5.74, 6) is -3.94. The van der Waals surface area contributed by atoms with Crippen molar-refractivity contribution in [1.29, 1.82) is 0 Å². The number of nitrogens with one attached hydrogen (secondary N) is 2. The summed E-state index contributed by atoms with van der Waals surface area (Å²) in [5.41, 5.74) is -0.136. The zero-order chi connectivity index (χ0) is 27.2. The molecule has 1 aromatic rings. The van der Waals surface area contributed by atoms with E-state index in [1.54, 1.807) is 59.1 Å². The maximum Gasteiger partial charge on any atom is 0.408 e. The number of cyclic esters (lactones) is 2. The van der Waals surface area contributed by atoms with Crippen LogP contribution in [0, 0.1) is 11.8 Å². The van der Waals surface area contributed by atoms with Crippen molar-refractivity contribution in [3.05, 3.63) is 30.1 Å². The van der Waals surface area contributed by atoms with Crippen molar-refractivity contribution in [1.82, 2.24) is 15.6 Å². The van der Waals surface area contributed by atoms with Gasteiger partial charge in [-0.05, 0) is 52.7 Å². The zero-order valence-corrected chi connectivity index (χ0v) is 21.8. The molecule has 2 amide bonds. The minimum Gasteiger partial charge on any atom is -0.457 e. The van der Waals surface area contributed by atoms with Crippen LogP contribution in [0.25, 0.3) is 0 Å². The van der Waals surface area contributed by atoms with Crippen LogP contribution in [-0.2, 0) is 35.0 Å². The first-order chi connectivity index (χ1) is 16.7. The molecule has 0 saturated carbocycles. The lowest BCUT2D eigenvalue weighted by Crippen LogP contribution is -2.60. The smallest absolute Gasteiger partial charge is 0.408 e. The summed E-state index contributed by atoms with van der Waals surface area (Å²) >= 11 is 0. The van der Waals surface area contributed by atoms with Crippen LogP contribution in [0.15, 0.2) is 24.5 Å². The van der Waals surface area contributed by atoms with Crippen molar-refractivity contribution >= 4 is 23.9 Å². The van der Waals surface area contributed by atoms with E-state index in [0.29, 0.717) is 5.56 Å². The van der Waals surface area contributed by atoms with E-state index in [1.807, 2.05) is 0 Å². The molecule has 36 heavy (non-hydrogen) atoms. The Balaban J connectivity index is 2.45. The van der Waals surface area contributed by atoms with Crippen molar-refractivity contribution < 1.29 is 38.5 Å². The minimum absolute atomic E-state index is 0.138. The molecule has 1 aliphatic rings. The van der Waals surface area contributed by atoms with Gasteiger partial charge >= 0.3 is 18.0 Å². The van der Waals surface area contributed by atoms with E-state index in [0.717, 1.165) is 0 Å². The Bertz CT molecular complexity index is 931. The maximum absolute atomic E-state index is 13.4. The molecule has 1 aliphatic heterocycles. The SMILES string of the molecule is CC(C)[C@H]1OC(=O)[C@H](C)[C@H](O)[C@H](Cc2cccnc2)NC(=O)[C@@H](NC(=O)OC(C)(C)C)[C@@H](C)OC1=O. The fraction of sp³-hybridized carbons (Fsp3) is 0.640. The second-order valence-corrected chi connectivity index (χ2v) is 10.3. The molecule has 1 fully saturated rings. The highest BCUT2D eigenvalue weighted by Gasteiger charge is 2.41. The van der Waals surface area contributed by atoms with Gasteiger partial charge < -0.3 is 30.0 Å². The van der Waals surface area contributed by atoms with E-state index in [2.05, 4.69) is 15.6 Å². The molecule has 1 saturated heterocycles. The van der Waals surface area contributed by atoms with E-state index in [4.69, 9.17) is 14.2 Å². The first-order valence-electron chi connectivity index (χ1n) is 12.0. The van der Waals surface area contributed by atoms with E-state index in [1.165, 1.54) is 13.8 Å². The highest BCUT2D eigenvalue weighted by molar-refractivity contribution is 5.88. The van der Waals surface area contributed by atoms with Crippen LogP contribution in [-0.4, -0.2) is 70.0 Å². The van der Waals surface area contributed by atoms with Gasteiger partial charge in [0.25, 0.3) is 0 Å². The Morgan fingerprint density at radius 2 is 1.86 bits per heavy atom. The Hall–Kier alpha value is -3.21. The number of carbonyl (C=O) groups is 4. The van der Waals surface area contributed by atoms with E-state index in [-0.39, 0.29) is 6.42 Å². The molecule has 200 valence electrons. The number of hydrogen-bond donors (Lipinski definition) is 3. The van der Waals surface area contributed by atoms with Crippen molar-refractivity contribution in [2.24, 2.45) is 11.8 Å². The monoisotopic (exact) mass is 507 g/mol. The Kier molecular flexibility index (Phi) is 9.80. The second-order valence-electron chi connectivity index (χ2n) is 10.3. The number of carbonyl (C=O) groups excluding carboxylic acids is 4. The van der Waals surface area contributed by atoms with Crippen LogP contribution >= 0.6 is 0 Å². The highest BCUT2D eigenvalue weighted by atomic mass is 16.6. The summed E-state index contributed by atoms with van der Waals surface area (Å²) in [6.45, 7) is 11.2. The fourth-order valence-electron chi connectivity index (χ4n) is 3.63. The summed E-state index contributed by atoms with van der Waals surface area (Å²) < 4.78 is 16.2. The van der Waals surface area contributed by atoms with Crippen LogP contribution in [0.4, 0.5) is 4.79 Å². The number of amides is 2. The number of aromatic nitrogens is 1. The number of rotatable bonds is 4. The molecule has 11 heteroatoms. The minimum atomic E-state index is -1.37. The number of aliphatic hydroxyl groups excluding tert-OH is 1. The van der Waals surface area contributed by atoms with Crippen molar-refractivity contribution in [2.75, 3.05) is 0 Å². The molecule has 6 atom stereocenters. The zero-order valence-electron chi connectivity index (χ0n) is 21.8. The van der Waals surface area contributed by atoms with E-state index < -0.39 is 71.8 Å². The largest absolute Gasteiger partial charge is 0.457 e. The number of pyridine rings is 1. The van der Waals surface area contributed by atoms with Crippen molar-refractivity contribution in [2.45, 2.75) is 90.9 Å². The van der Waals surface area contributed by atoms with Gasteiger partial charge in [0.15, 0.2) is 0 Å². The molecule has 0 unspecified atom stereocenters. The third-order valence-electron chi connectivity index (χ3n) is 5.61. The number of nitrogens with zero attached hydrogens (tertiary/aromatic N) is 1. The average molecular weight is 508 g/mol. The molecule has 3 N–H and O–H groups in total. The van der Waals surface area contributed by atoms with Crippen LogP contribution in [0.2, 0.25) is 0 Å². The molecule has 1 aromatic heterocycles. The summed E-state index contributed by atoms with van der Waals surface area (Å²) in [4.78, 5) is 55.6. The van der Waals surface area contributed by atoms with Gasteiger partial charge in [-0.1, -0.05) is 19.9 Å². The molecule has 0 aromatic carbocycles. The maximum atomic E-state index is 13.4. The third-order valence-corrected chi connectivity index (χ3v) is 5.61. The standard InChI is InChI=1S/C25H37N3O8/c1-13(2)20-23(32)34-15(4)18(28-24(33)36-25(5,6)7)21(30)27-17(11-16-9-8-10-26-12-16)19(29)14(3)22(31)35-20/h8-10,12-15,17-20,29H,11H2,1-7H3,(H,27,30)(H,28,33)/t14-,15-,17+,18+,19+,20-/m1/s1. The molecule has 0 aliphatic carbocycles. The number of alkyl carbamates (subject to hydrolysis) is 1. The molecule has 0 bridgehead atoms. The number of esters is 2. The summed E-state index contributed by atoms with van der Waals surface area (Å²) in [5, 5.41) is 16.2. The molecule has 2 rings (SSSR count). The third kappa shape index (κ3) is 8.18. The van der Waals surface area contributed by atoms with Crippen molar-refractivity contribution in [3.8, 4) is 0 Å². The van der Waals surface area contributed by atoms with Gasteiger partial charge in [-0.15, -0.1) is 0 Å². The first kappa shape index (κ1) is 29.0. The first-order valence-corrected chi connectivity index (χ1v) is 12.0. The fourth-order valence-corrected chi connectivity index (χ4v) is 3.63. The molecular weight excluding hydrogens is 470 g/mol. The molecular formula is C25H37N3O8. The Labute approximate surface area is 211 Å². The van der Waals surface area contributed by atoms with Crippen molar-refractivity contribution in [3.63, 3.8) is 0 Å². The van der Waals surface area contributed by atoms with Crippen LogP contribution in [0.5, 0.6) is 0 Å². The molecule has 0 radical (unpaired) electrons. The summed E-state index contributed by atoms with van der Waals surface area (Å²) in [6, 6.07) is 1.16.